The van der Waals surface area contributed by atoms with E-state index in [1.807, 2.05) is 0 Å². The number of hydrogen-bond acceptors (Lipinski definition) is 2. The minimum Gasteiger partial charge on any atom is -0.325 e. The summed E-state index contributed by atoms with van der Waals surface area (Å²) in [7, 11) is 0. The average molecular weight is 353 g/mol. The molecule has 1 atom stereocenters. The van der Waals surface area contributed by atoms with Gasteiger partial charge in [-0.15, -0.1) is 0 Å². The summed E-state index contributed by atoms with van der Waals surface area (Å²) in [6.07, 6.45) is -4.56. The fourth-order valence-corrected chi connectivity index (χ4v) is 1.87. The van der Waals surface area contributed by atoms with Crippen LogP contribution in [0.1, 0.15) is 20.3 Å². The van der Waals surface area contributed by atoms with Crippen LogP contribution >= 0.6 is 15.9 Å². The predicted octanol–water partition coefficient (Wildman–Crippen LogP) is 3.71. The van der Waals surface area contributed by atoms with Crippen molar-refractivity contribution < 1.29 is 18.0 Å². The highest BCUT2D eigenvalue weighted by molar-refractivity contribution is 9.10. The van der Waals surface area contributed by atoms with E-state index in [9.17, 15) is 18.0 Å². The van der Waals surface area contributed by atoms with Crippen molar-refractivity contribution in [3.8, 4) is 0 Å². The Bertz CT molecular complexity index is 479. The molecule has 112 valence electrons. The van der Waals surface area contributed by atoms with E-state index in [1.54, 1.807) is 24.3 Å². The molecule has 0 aliphatic carbocycles. The van der Waals surface area contributed by atoms with Gasteiger partial charge in [0.2, 0.25) is 5.91 Å². The van der Waals surface area contributed by atoms with Gasteiger partial charge in [-0.2, -0.15) is 13.2 Å². The second-order valence-electron chi connectivity index (χ2n) is 4.60. The van der Waals surface area contributed by atoms with Crippen molar-refractivity contribution in [2.75, 3.05) is 11.9 Å². The van der Waals surface area contributed by atoms with Crippen LogP contribution in [-0.4, -0.2) is 24.2 Å². The highest BCUT2D eigenvalue weighted by Gasteiger charge is 2.49. The number of alkyl halides is 3. The monoisotopic (exact) mass is 352 g/mol. The number of nitrogens with one attached hydrogen (secondary N) is 2. The van der Waals surface area contributed by atoms with E-state index in [4.69, 9.17) is 0 Å². The Kier molecular flexibility index (Phi) is 5.59. The molecule has 1 aromatic carbocycles. The van der Waals surface area contributed by atoms with Gasteiger partial charge in [0, 0.05) is 10.2 Å². The van der Waals surface area contributed by atoms with Crippen molar-refractivity contribution in [3.63, 3.8) is 0 Å². The largest absolute Gasteiger partial charge is 0.406 e. The van der Waals surface area contributed by atoms with Crippen molar-refractivity contribution >= 4 is 27.5 Å². The molecule has 0 heterocycles. The fraction of sp³-hybridized carbons (Fsp3) is 0.462. The van der Waals surface area contributed by atoms with Gasteiger partial charge in [0.25, 0.3) is 0 Å². The number of halogens is 4. The Morgan fingerprint density at radius 2 is 2.00 bits per heavy atom. The Morgan fingerprint density at radius 3 is 2.50 bits per heavy atom. The number of anilines is 1. The number of amides is 1. The predicted molar refractivity (Wildman–Crippen MR) is 75.5 cm³/mol. The summed E-state index contributed by atoms with van der Waals surface area (Å²) >= 11 is 3.24. The van der Waals surface area contributed by atoms with Crippen LogP contribution in [0.3, 0.4) is 0 Å². The molecule has 0 aliphatic heterocycles. The van der Waals surface area contributed by atoms with E-state index in [0.717, 1.165) is 11.4 Å². The molecule has 0 saturated carbocycles. The molecule has 0 saturated heterocycles. The highest BCUT2D eigenvalue weighted by Crippen LogP contribution is 2.32. The van der Waals surface area contributed by atoms with E-state index in [0.29, 0.717) is 5.69 Å². The number of carbonyl (C=O) groups excluding carboxylic acids is 1. The first-order chi connectivity index (χ1) is 9.18. The zero-order valence-corrected chi connectivity index (χ0v) is 12.7. The van der Waals surface area contributed by atoms with Gasteiger partial charge in [-0.25, -0.2) is 0 Å². The summed E-state index contributed by atoms with van der Waals surface area (Å²) in [5.74, 6) is -0.521. The van der Waals surface area contributed by atoms with Gasteiger partial charge in [-0.1, -0.05) is 28.9 Å². The Hall–Kier alpha value is -1.08. The van der Waals surface area contributed by atoms with E-state index in [-0.39, 0.29) is 6.42 Å². The van der Waals surface area contributed by atoms with Crippen LogP contribution in [0.4, 0.5) is 18.9 Å². The molecule has 3 nitrogen and oxygen atoms in total. The maximum Gasteiger partial charge on any atom is 0.406 e. The molecule has 0 radical (unpaired) electrons. The van der Waals surface area contributed by atoms with Crippen molar-refractivity contribution in [2.24, 2.45) is 0 Å². The Labute approximate surface area is 124 Å². The third-order valence-corrected chi connectivity index (χ3v) is 3.57. The van der Waals surface area contributed by atoms with Crippen LogP contribution in [0.2, 0.25) is 0 Å². The molecule has 2 N–H and O–H groups in total. The van der Waals surface area contributed by atoms with E-state index < -0.39 is 24.2 Å². The summed E-state index contributed by atoms with van der Waals surface area (Å²) in [5.41, 5.74) is -1.54. The van der Waals surface area contributed by atoms with Gasteiger partial charge in [0.15, 0.2) is 0 Å². The zero-order chi connectivity index (χ0) is 15.4. The molecule has 0 unspecified atom stereocenters. The highest BCUT2D eigenvalue weighted by atomic mass is 79.9. The summed E-state index contributed by atoms with van der Waals surface area (Å²) < 4.78 is 39.3. The minimum atomic E-state index is -4.40. The molecule has 0 fully saturated rings. The lowest BCUT2D eigenvalue weighted by Crippen LogP contribution is -2.55. The van der Waals surface area contributed by atoms with E-state index >= 15 is 0 Å². The van der Waals surface area contributed by atoms with Crippen LogP contribution in [0.25, 0.3) is 0 Å². The SMILES string of the molecule is CC[C@](C)(NCC(=O)Nc1cccc(Br)c1)C(F)(F)F. The maximum atomic E-state index is 12.8. The second kappa shape index (κ2) is 6.58. The molecule has 0 aromatic heterocycles. The topological polar surface area (TPSA) is 41.1 Å². The van der Waals surface area contributed by atoms with Crippen molar-refractivity contribution in [1.29, 1.82) is 0 Å². The van der Waals surface area contributed by atoms with Gasteiger partial charge in [0.05, 0.1) is 6.54 Å². The lowest BCUT2D eigenvalue weighted by molar-refractivity contribution is -0.192. The summed E-state index contributed by atoms with van der Waals surface area (Å²) in [6, 6.07) is 6.83. The first-order valence-corrected chi connectivity index (χ1v) is 6.84. The molecule has 1 amide bonds. The first-order valence-electron chi connectivity index (χ1n) is 6.05. The Morgan fingerprint density at radius 1 is 1.35 bits per heavy atom. The lowest BCUT2D eigenvalue weighted by Gasteiger charge is -2.31. The molecule has 1 aromatic rings. The number of hydrogen-bond donors (Lipinski definition) is 2. The smallest absolute Gasteiger partial charge is 0.325 e. The molecule has 0 spiro atoms. The maximum absolute atomic E-state index is 12.8. The molecule has 20 heavy (non-hydrogen) atoms. The van der Waals surface area contributed by atoms with Crippen molar-refractivity contribution in [2.45, 2.75) is 32.0 Å². The van der Waals surface area contributed by atoms with Gasteiger partial charge < -0.3 is 5.32 Å². The van der Waals surface area contributed by atoms with Crippen LogP contribution in [0.15, 0.2) is 28.7 Å². The molecule has 0 bridgehead atoms. The summed E-state index contributed by atoms with van der Waals surface area (Å²) in [5, 5.41) is 4.80. The second-order valence-corrected chi connectivity index (χ2v) is 5.51. The van der Waals surface area contributed by atoms with Gasteiger partial charge in [0.1, 0.15) is 5.54 Å². The molecular formula is C13H16BrF3N2O. The van der Waals surface area contributed by atoms with Gasteiger partial charge in [-0.3, -0.25) is 10.1 Å². The van der Waals surface area contributed by atoms with Crippen LogP contribution < -0.4 is 10.6 Å². The first kappa shape index (κ1) is 17.0. The van der Waals surface area contributed by atoms with Crippen LogP contribution in [0.5, 0.6) is 0 Å². The van der Waals surface area contributed by atoms with Gasteiger partial charge >= 0.3 is 6.18 Å². The van der Waals surface area contributed by atoms with Crippen molar-refractivity contribution in [3.05, 3.63) is 28.7 Å². The normalized spacial score (nSPS) is 14.7. The van der Waals surface area contributed by atoms with Gasteiger partial charge in [-0.05, 0) is 31.5 Å². The standard InChI is InChI=1S/C13H16BrF3N2O/c1-3-12(2,13(15,16)17)18-8-11(20)19-10-6-4-5-9(14)7-10/h4-7,18H,3,8H2,1-2H3,(H,19,20)/t12-/m0/s1. The summed E-state index contributed by atoms with van der Waals surface area (Å²) in [4.78, 5) is 11.7. The molecular weight excluding hydrogens is 337 g/mol. The fourth-order valence-electron chi connectivity index (χ4n) is 1.47. The number of rotatable bonds is 5. The third-order valence-electron chi connectivity index (χ3n) is 3.08. The van der Waals surface area contributed by atoms with Crippen LogP contribution in [-0.2, 0) is 4.79 Å². The number of carbonyl (C=O) groups is 1. The minimum absolute atomic E-state index is 0.152. The van der Waals surface area contributed by atoms with E-state index in [1.165, 1.54) is 6.92 Å². The van der Waals surface area contributed by atoms with Crippen LogP contribution in [0, 0.1) is 0 Å². The zero-order valence-electron chi connectivity index (χ0n) is 11.1. The summed E-state index contributed by atoms with van der Waals surface area (Å²) in [6.45, 7) is 2.06. The molecule has 1 rings (SSSR count). The average Bonchev–Trinajstić information content (AvgIpc) is 2.34. The van der Waals surface area contributed by atoms with Crippen molar-refractivity contribution in [1.82, 2.24) is 5.32 Å². The van der Waals surface area contributed by atoms with E-state index in [2.05, 4.69) is 26.6 Å². The Balaban J connectivity index is 2.59. The molecule has 0 aliphatic rings. The quantitative estimate of drug-likeness (QED) is 0.848. The lowest BCUT2D eigenvalue weighted by atomic mass is 9.98. The number of benzene rings is 1. The third kappa shape index (κ3) is 4.49. The molecule has 7 heteroatoms.